The molecular formula is C12H17FN2S. The summed E-state index contributed by atoms with van der Waals surface area (Å²) < 4.78 is 13.0. The average molecular weight is 240 g/mol. The van der Waals surface area contributed by atoms with Crippen molar-refractivity contribution in [1.82, 2.24) is 10.3 Å². The lowest BCUT2D eigenvalue weighted by atomic mass is 10.1. The second-order valence-corrected chi connectivity index (χ2v) is 5.45. The Hall–Kier alpha value is -0.610. The van der Waals surface area contributed by atoms with Crippen molar-refractivity contribution in [2.75, 3.05) is 18.1 Å². The van der Waals surface area contributed by atoms with Gasteiger partial charge in [-0.15, -0.1) is 0 Å². The Balaban J connectivity index is 1.85. The number of halogens is 1. The Morgan fingerprint density at radius 3 is 3.19 bits per heavy atom. The van der Waals surface area contributed by atoms with Crippen LogP contribution in [0.2, 0.25) is 0 Å². The molecule has 1 aromatic rings. The molecule has 2 heterocycles. The predicted octanol–water partition coefficient (Wildman–Crippen LogP) is 2.62. The highest BCUT2D eigenvalue weighted by atomic mass is 32.2. The molecule has 0 amide bonds. The van der Waals surface area contributed by atoms with Crippen LogP contribution in [0.1, 0.15) is 24.9 Å². The van der Waals surface area contributed by atoms with Crippen LogP contribution >= 0.6 is 11.8 Å². The molecule has 1 aliphatic rings. The van der Waals surface area contributed by atoms with Crippen LogP contribution in [0.5, 0.6) is 0 Å². The van der Waals surface area contributed by atoms with Gasteiger partial charge in [0.15, 0.2) is 0 Å². The van der Waals surface area contributed by atoms with Crippen molar-refractivity contribution >= 4 is 11.8 Å². The summed E-state index contributed by atoms with van der Waals surface area (Å²) in [5, 5.41) is 3.45. The SMILES string of the molecule is CC(NCC1CCSC1)c1cncc(F)c1. The average Bonchev–Trinajstić information content (AvgIpc) is 2.78. The minimum absolute atomic E-state index is 0.175. The first-order valence-corrected chi connectivity index (χ1v) is 6.83. The fourth-order valence-electron chi connectivity index (χ4n) is 1.87. The van der Waals surface area contributed by atoms with Crippen LogP contribution in [-0.4, -0.2) is 23.0 Å². The van der Waals surface area contributed by atoms with Gasteiger partial charge >= 0.3 is 0 Å². The number of nitrogens with zero attached hydrogens (tertiary/aromatic N) is 1. The number of nitrogens with one attached hydrogen (secondary N) is 1. The van der Waals surface area contributed by atoms with Crippen molar-refractivity contribution in [2.45, 2.75) is 19.4 Å². The molecule has 0 aromatic carbocycles. The lowest BCUT2D eigenvalue weighted by Crippen LogP contribution is -2.25. The van der Waals surface area contributed by atoms with E-state index in [9.17, 15) is 4.39 Å². The minimum Gasteiger partial charge on any atom is -0.310 e. The zero-order chi connectivity index (χ0) is 11.4. The van der Waals surface area contributed by atoms with Gasteiger partial charge in [0.05, 0.1) is 6.20 Å². The molecule has 2 unspecified atom stereocenters. The van der Waals surface area contributed by atoms with E-state index in [1.807, 2.05) is 11.8 Å². The molecule has 16 heavy (non-hydrogen) atoms. The quantitative estimate of drug-likeness (QED) is 0.875. The molecule has 0 bridgehead atoms. The maximum atomic E-state index is 13.0. The molecule has 1 fully saturated rings. The highest BCUT2D eigenvalue weighted by Crippen LogP contribution is 2.23. The Bertz CT molecular complexity index is 340. The molecule has 1 aromatic heterocycles. The third kappa shape index (κ3) is 3.19. The van der Waals surface area contributed by atoms with E-state index in [0.29, 0.717) is 0 Å². The molecular weight excluding hydrogens is 223 g/mol. The van der Waals surface area contributed by atoms with Crippen LogP contribution in [0, 0.1) is 11.7 Å². The minimum atomic E-state index is -0.262. The predicted molar refractivity (Wildman–Crippen MR) is 66.0 cm³/mol. The summed E-state index contributed by atoms with van der Waals surface area (Å²) in [6.45, 7) is 3.07. The van der Waals surface area contributed by atoms with Gasteiger partial charge in [-0.1, -0.05) is 0 Å². The third-order valence-electron chi connectivity index (χ3n) is 2.96. The fraction of sp³-hybridized carbons (Fsp3) is 0.583. The Morgan fingerprint density at radius 2 is 2.50 bits per heavy atom. The number of pyridine rings is 1. The Morgan fingerprint density at radius 1 is 1.62 bits per heavy atom. The topological polar surface area (TPSA) is 24.9 Å². The summed E-state index contributed by atoms with van der Waals surface area (Å²) in [6, 6.07) is 1.72. The van der Waals surface area contributed by atoms with Crippen LogP contribution in [0.3, 0.4) is 0 Å². The normalized spacial score (nSPS) is 22.2. The van der Waals surface area contributed by atoms with Gasteiger partial charge in [-0.3, -0.25) is 4.98 Å². The largest absolute Gasteiger partial charge is 0.310 e. The van der Waals surface area contributed by atoms with Gasteiger partial charge in [0, 0.05) is 12.2 Å². The number of thioether (sulfide) groups is 1. The molecule has 88 valence electrons. The van der Waals surface area contributed by atoms with E-state index >= 15 is 0 Å². The van der Waals surface area contributed by atoms with E-state index in [-0.39, 0.29) is 11.9 Å². The van der Waals surface area contributed by atoms with Crippen molar-refractivity contribution in [2.24, 2.45) is 5.92 Å². The molecule has 0 spiro atoms. The number of hydrogen-bond acceptors (Lipinski definition) is 3. The standard InChI is InChI=1S/C12H17FN2S/c1-9(11-4-12(13)7-14-6-11)15-5-10-2-3-16-8-10/h4,6-7,9-10,15H,2-3,5,8H2,1H3. The lowest BCUT2D eigenvalue weighted by Gasteiger charge is -2.16. The summed E-state index contributed by atoms with van der Waals surface area (Å²) >= 11 is 2.02. The number of hydrogen-bond donors (Lipinski definition) is 1. The van der Waals surface area contributed by atoms with Crippen molar-refractivity contribution in [3.05, 3.63) is 29.8 Å². The highest BCUT2D eigenvalue weighted by molar-refractivity contribution is 7.99. The molecule has 2 rings (SSSR count). The molecule has 1 aliphatic heterocycles. The van der Waals surface area contributed by atoms with E-state index in [2.05, 4.69) is 17.2 Å². The summed E-state index contributed by atoms with van der Waals surface area (Å²) in [5.74, 6) is 3.04. The molecule has 0 aliphatic carbocycles. The zero-order valence-corrected chi connectivity index (χ0v) is 10.3. The monoisotopic (exact) mass is 240 g/mol. The molecule has 0 radical (unpaired) electrons. The Labute approximate surface area is 100 Å². The van der Waals surface area contributed by atoms with Gasteiger partial charge < -0.3 is 5.32 Å². The van der Waals surface area contributed by atoms with Crippen LogP contribution in [-0.2, 0) is 0 Å². The van der Waals surface area contributed by atoms with Gasteiger partial charge in [0.2, 0.25) is 0 Å². The van der Waals surface area contributed by atoms with E-state index in [0.717, 1.165) is 18.0 Å². The zero-order valence-electron chi connectivity index (χ0n) is 9.45. The van der Waals surface area contributed by atoms with Crippen molar-refractivity contribution < 1.29 is 4.39 Å². The van der Waals surface area contributed by atoms with E-state index < -0.39 is 0 Å². The first kappa shape index (κ1) is 11.9. The molecule has 4 heteroatoms. The second-order valence-electron chi connectivity index (χ2n) is 4.30. The van der Waals surface area contributed by atoms with Crippen LogP contribution in [0.4, 0.5) is 4.39 Å². The molecule has 2 atom stereocenters. The summed E-state index contributed by atoms with van der Waals surface area (Å²) in [5.41, 5.74) is 0.922. The number of aromatic nitrogens is 1. The highest BCUT2D eigenvalue weighted by Gasteiger charge is 2.16. The third-order valence-corrected chi connectivity index (χ3v) is 4.19. The fourth-order valence-corrected chi connectivity index (χ4v) is 3.16. The van der Waals surface area contributed by atoms with E-state index in [4.69, 9.17) is 0 Å². The Kier molecular flexibility index (Phi) is 4.18. The summed E-state index contributed by atoms with van der Waals surface area (Å²) in [7, 11) is 0. The van der Waals surface area contributed by atoms with Crippen molar-refractivity contribution in [3.8, 4) is 0 Å². The number of rotatable bonds is 4. The van der Waals surface area contributed by atoms with Crippen LogP contribution < -0.4 is 5.32 Å². The van der Waals surface area contributed by atoms with E-state index in [1.165, 1.54) is 24.1 Å². The molecule has 1 N–H and O–H groups in total. The van der Waals surface area contributed by atoms with E-state index in [1.54, 1.807) is 12.3 Å². The summed E-state index contributed by atoms with van der Waals surface area (Å²) in [6.07, 6.45) is 4.26. The van der Waals surface area contributed by atoms with Gasteiger partial charge in [0.1, 0.15) is 5.82 Å². The van der Waals surface area contributed by atoms with Gasteiger partial charge in [-0.2, -0.15) is 11.8 Å². The van der Waals surface area contributed by atoms with Crippen LogP contribution in [0.15, 0.2) is 18.5 Å². The smallest absolute Gasteiger partial charge is 0.141 e. The van der Waals surface area contributed by atoms with Crippen molar-refractivity contribution in [3.63, 3.8) is 0 Å². The van der Waals surface area contributed by atoms with Gasteiger partial charge in [-0.05, 0) is 48.9 Å². The lowest BCUT2D eigenvalue weighted by molar-refractivity contribution is 0.475. The first-order valence-electron chi connectivity index (χ1n) is 5.67. The molecule has 2 nitrogen and oxygen atoms in total. The van der Waals surface area contributed by atoms with Crippen molar-refractivity contribution in [1.29, 1.82) is 0 Å². The molecule has 0 saturated carbocycles. The van der Waals surface area contributed by atoms with Gasteiger partial charge in [0.25, 0.3) is 0 Å². The maximum Gasteiger partial charge on any atom is 0.141 e. The first-order chi connectivity index (χ1) is 7.75. The van der Waals surface area contributed by atoms with Gasteiger partial charge in [-0.25, -0.2) is 4.39 Å². The van der Waals surface area contributed by atoms with Crippen LogP contribution in [0.25, 0.3) is 0 Å². The summed E-state index contributed by atoms with van der Waals surface area (Å²) in [4.78, 5) is 3.87. The second kappa shape index (κ2) is 5.64. The molecule has 1 saturated heterocycles. The maximum absolute atomic E-state index is 13.0.